The Bertz CT molecular complexity index is 688. The van der Waals surface area contributed by atoms with E-state index >= 15 is 0 Å². The van der Waals surface area contributed by atoms with E-state index < -0.39 is 11.4 Å². The number of hydrogen-bond acceptors (Lipinski definition) is 4. The standard InChI is InChI=1S/C23H32O5/c24-17-28-23(14-15-23)11-5-3-7-19-16-18(8-9-20(19)25)6-2-1-4-10-22(12-13-22)21(26)27/h8-9,16-17,25H,1-7,10-15H2,(H,26,27). The average molecular weight is 389 g/mol. The van der Waals surface area contributed by atoms with Crippen LogP contribution in [0.25, 0.3) is 0 Å². The molecule has 2 saturated carbocycles. The molecule has 2 fully saturated rings. The number of rotatable bonds is 14. The van der Waals surface area contributed by atoms with E-state index in [1.54, 1.807) is 6.07 Å². The second kappa shape index (κ2) is 8.97. The summed E-state index contributed by atoms with van der Waals surface area (Å²) in [4.78, 5) is 21.7. The average Bonchev–Trinajstić information content (AvgIpc) is 3.58. The van der Waals surface area contributed by atoms with Crippen LogP contribution in [0.1, 0.15) is 81.8 Å². The molecule has 2 N–H and O–H groups in total. The lowest BCUT2D eigenvalue weighted by Gasteiger charge is -2.13. The molecule has 28 heavy (non-hydrogen) atoms. The molecule has 0 radical (unpaired) electrons. The van der Waals surface area contributed by atoms with Gasteiger partial charge >= 0.3 is 5.97 Å². The van der Waals surface area contributed by atoms with Crippen molar-refractivity contribution in [1.29, 1.82) is 0 Å². The molecule has 0 atom stereocenters. The molecule has 0 amide bonds. The number of phenolic OH excluding ortho intramolecular Hbond substituents is 1. The zero-order valence-electron chi connectivity index (χ0n) is 16.6. The molecular formula is C23H32O5. The van der Waals surface area contributed by atoms with Crippen molar-refractivity contribution in [2.24, 2.45) is 5.41 Å². The van der Waals surface area contributed by atoms with Gasteiger partial charge in [0.2, 0.25) is 0 Å². The molecule has 0 spiro atoms. The number of carboxylic acid groups (broad SMARTS) is 1. The molecule has 1 aromatic carbocycles. The Kier molecular flexibility index (Phi) is 6.63. The van der Waals surface area contributed by atoms with Crippen molar-refractivity contribution in [3.05, 3.63) is 29.3 Å². The van der Waals surface area contributed by atoms with Crippen molar-refractivity contribution in [1.82, 2.24) is 0 Å². The van der Waals surface area contributed by atoms with E-state index in [4.69, 9.17) is 4.74 Å². The highest BCUT2D eigenvalue weighted by atomic mass is 16.5. The number of phenols is 1. The Morgan fingerprint density at radius 2 is 1.71 bits per heavy atom. The molecule has 154 valence electrons. The van der Waals surface area contributed by atoms with Crippen LogP contribution in [0.15, 0.2) is 18.2 Å². The summed E-state index contributed by atoms with van der Waals surface area (Å²) in [6, 6.07) is 5.87. The summed E-state index contributed by atoms with van der Waals surface area (Å²) in [5.74, 6) is -0.271. The molecule has 5 nitrogen and oxygen atoms in total. The molecule has 0 bridgehead atoms. The van der Waals surface area contributed by atoms with Crippen LogP contribution in [-0.2, 0) is 27.2 Å². The number of benzene rings is 1. The van der Waals surface area contributed by atoms with Gasteiger partial charge in [0.15, 0.2) is 0 Å². The fraction of sp³-hybridized carbons (Fsp3) is 0.652. The minimum atomic E-state index is -0.624. The smallest absolute Gasteiger partial charge is 0.309 e. The zero-order chi connectivity index (χ0) is 20.0. The van der Waals surface area contributed by atoms with E-state index in [2.05, 4.69) is 6.07 Å². The highest BCUT2D eigenvalue weighted by Crippen LogP contribution is 2.50. The Morgan fingerprint density at radius 3 is 2.36 bits per heavy atom. The van der Waals surface area contributed by atoms with Crippen LogP contribution in [0.2, 0.25) is 0 Å². The molecule has 0 saturated heterocycles. The third-order valence-electron chi connectivity index (χ3n) is 6.51. The van der Waals surface area contributed by atoms with Crippen LogP contribution >= 0.6 is 0 Å². The maximum absolute atomic E-state index is 11.2. The number of aryl methyl sites for hydroxylation is 2. The highest BCUT2D eigenvalue weighted by molar-refractivity contribution is 5.77. The number of carbonyl (C=O) groups is 2. The lowest BCUT2D eigenvalue weighted by Crippen LogP contribution is -2.14. The summed E-state index contributed by atoms with van der Waals surface area (Å²) in [6.07, 6.45) is 12.2. The Balaban J connectivity index is 1.35. The first-order valence-electron chi connectivity index (χ1n) is 10.6. The number of carbonyl (C=O) groups excluding carboxylic acids is 1. The number of ether oxygens (including phenoxy) is 1. The minimum absolute atomic E-state index is 0.189. The topological polar surface area (TPSA) is 83.8 Å². The van der Waals surface area contributed by atoms with E-state index in [1.807, 2.05) is 6.07 Å². The van der Waals surface area contributed by atoms with Gasteiger partial charge in [-0.25, -0.2) is 0 Å². The van der Waals surface area contributed by atoms with E-state index in [-0.39, 0.29) is 5.60 Å². The Hall–Kier alpha value is -2.04. The van der Waals surface area contributed by atoms with Crippen molar-refractivity contribution in [3.8, 4) is 5.75 Å². The third-order valence-corrected chi connectivity index (χ3v) is 6.51. The van der Waals surface area contributed by atoms with Gasteiger partial charge in [-0.15, -0.1) is 0 Å². The molecule has 0 heterocycles. The van der Waals surface area contributed by atoms with E-state index in [1.165, 1.54) is 5.56 Å². The van der Waals surface area contributed by atoms with E-state index in [0.29, 0.717) is 12.2 Å². The van der Waals surface area contributed by atoms with Gasteiger partial charge < -0.3 is 14.9 Å². The number of unbranched alkanes of at least 4 members (excludes halogenated alkanes) is 3. The molecule has 0 aromatic heterocycles. The van der Waals surface area contributed by atoms with Crippen LogP contribution in [0.5, 0.6) is 5.75 Å². The predicted molar refractivity (Wildman–Crippen MR) is 106 cm³/mol. The molecule has 0 aliphatic heterocycles. The number of aliphatic carboxylic acids is 1. The van der Waals surface area contributed by atoms with Gasteiger partial charge in [-0.3, -0.25) is 9.59 Å². The highest BCUT2D eigenvalue weighted by Gasteiger charge is 2.49. The van der Waals surface area contributed by atoms with E-state index in [9.17, 15) is 19.8 Å². The van der Waals surface area contributed by atoms with Crippen molar-refractivity contribution >= 4 is 12.4 Å². The first-order valence-corrected chi connectivity index (χ1v) is 10.6. The van der Waals surface area contributed by atoms with E-state index in [0.717, 1.165) is 89.0 Å². The minimum Gasteiger partial charge on any atom is -0.508 e. The van der Waals surface area contributed by atoms with Gasteiger partial charge in [-0.1, -0.05) is 25.0 Å². The fourth-order valence-corrected chi connectivity index (χ4v) is 4.12. The van der Waals surface area contributed by atoms with Crippen molar-refractivity contribution in [2.75, 3.05) is 0 Å². The molecule has 5 heteroatoms. The molecule has 0 unspecified atom stereocenters. The monoisotopic (exact) mass is 388 g/mol. The number of aromatic hydroxyl groups is 1. The molecule has 3 rings (SSSR count). The SMILES string of the molecule is O=COC1(CCCCc2cc(CCCCCC3(C(=O)O)CC3)ccc2O)CC1. The third kappa shape index (κ3) is 5.49. The largest absolute Gasteiger partial charge is 0.508 e. The first-order chi connectivity index (χ1) is 13.5. The second-order valence-electron chi connectivity index (χ2n) is 8.71. The summed E-state index contributed by atoms with van der Waals surface area (Å²) in [7, 11) is 0. The van der Waals surface area contributed by atoms with Gasteiger partial charge in [-0.2, -0.15) is 0 Å². The Labute approximate surface area is 167 Å². The van der Waals surface area contributed by atoms with Gasteiger partial charge in [0, 0.05) is 0 Å². The molecule has 2 aliphatic rings. The normalized spacial score (nSPS) is 18.4. The Morgan fingerprint density at radius 1 is 1.00 bits per heavy atom. The summed E-state index contributed by atoms with van der Waals surface area (Å²) in [5, 5.41) is 19.3. The lowest BCUT2D eigenvalue weighted by molar-refractivity contribution is -0.143. The van der Waals surface area contributed by atoms with Gasteiger partial charge in [0.25, 0.3) is 6.47 Å². The van der Waals surface area contributed by atoms with Crippen molar-refractivity contribution in [3.63, 3.8) is 0 Å². The van der Waals surface area contributed by atoms with Gasteiger partial charge in [0.1, 0.15) is 11.4 Å². The van der Waals surface area contributed by atoms with Crippen LogP contribution in [0.4, 0.5) is 0 Å². The number of hydrogen-bond donors (Lipinski definition) is 2. The van der Waals surface area contributed by atoms with Gasteiger partial charge in [-0.05, 0) is 87.8 Å². The molecule has 1 aromatic rings. The summed E-state index contributed by atoms with van der Waals surface area (Å²) in [6.45, 7) is 0.564. The first kappa shape index (κ1) is 20.7. The predicted octanol–water partition coefficient (Wildman–Crippen LogP) is 4.78. The van der Waals surface area contributed by atoms with Crippen LogP contribution in [0.3, 0.4) is 0 Å². The summed E-state index contributed by atoms with van der Waals surface area (Å²) >= 11 is 0. The maximum Gasteiger partial charge on any atom is 0.309 e. The lowest BCUT2D eigenvalue weighted by atomic mass is 9.96. The summed E-state index contributed by atoms with van der Waals surface area (Å²) in [5.41, 5.74) is 1.63. The second-order valence-corrected chi connectivity index (χ2v) is 8.71. The quantitative estimate of drug-likeness (QED) is 0.354. The number of carboxylic acids is 1. The fourth-order valence-electron chi connectivity index (χ4n) is 4.12. The van der Waals surface area contributed by atoms with Gasteiger partial charge in [0.05, 0.1) is 5.41 Å². The molecule has 2 aliphatic carbocycles. The van der Waals surface area contributed by atoms with Crippen molar-refractivity contribution < 1.29 is 24.5 Å². The van der Waals surface area contributed by atoms with Crippen LogP contribution in [0, 0.1) is 5.41 Å². The maximum atomic E-state index is 11.2. The summed E-state index contributed by atoms with van der Waals surface area (Å²) < 4.78 is 5.18. The van der Waals surface area contributed by atoms with Crippen LogP contribution < -0.4 is 0 Å². The van der Waals surface area contributed by atoms with Crippen LogP contribution in [-0.4, -0.2) is 28.3 Å². The zero-order valence-corrected chi connectivity index (χ0v) is 16.6. The molecular weight excluding hydrogens is 356 g/mol. The van der Waals surface area contributed by atoms with Crippen molar-refractivity contribution in [2.45, 2.75) is 89.1 Å².